The number of aryl methyl sites for hydroxylation is 1. The van der Waals surface area contributed by atoms with Crippen LogP contribution in [0.25, 0.3) is 0 Å². The first-order valence-electron chi connectivity index (χ1n) is 8.41. The van der Waals surface area contributed by atoms with Gasteiger partial charge in [-0.3, -0.25) is 9.59 Å². The molecule has 2 heterocycles. The Labute approximate surface area is 160 Å². The molecular formula is C19H17N3O4S. The second-order valence-corrected chi connectivity index (χ2v) is 7.02. The van der Waals surface area contributed by atoms with Crippen LogP contribution in [0.3, 0.4) is 0 Å². The minimum Gasteiger partial charge on any atom is -0.454 e. The van der Waals surface area contributed by atoms with Crippen LogP contribution in [0.1, 0.15) is 39.8 Å². The van der Waals surface area contributed by atoms with Crippen molar-refractivity contribution in [2.45, 2.75) is 25.7 Å². The fraction of sp³-hybridized carbons (Fsp3) is 0.316. The Hall–Kier alpha value is -3.05. The lowest BCUT2D eigenvalue weighted by Crippen LogP contribution is -2.24. The van der Waals surface area contributed by atoms with Crippen molar-refractivity contribution in [3.8, 4) is 6.07 Å². The monoisotopic (exact) mass is 383 g/mol. The van der Waals surface area contributed by atoms with Crippen molar-refractivity contribution in [1.29, 1.82) is 5.26 Å². The van der Waals surface area contributed by atoms with Crippen molar-refractivity contribution in [2.75, 3.05) is 18.1 Å². The Morgan fingerprint density at radius 2 is 2.26 bits per heavy atom. The van der Waals surface area contributed by atoms with Crippen molar-refractivity contribution in [3.05, 3.63) is 45.9 Å². The van der Waals surface area contributed by atoms with E-state index in [1.165, 1.54) is 11.3 Å². The summed E-state index contributed by atoms with van der Waals surface area (Å²) in [6, 6.07) is 8.45. The van der Waals surface area contributed by atoms with Gasteiger partial charge in [-0.05, 0) is 31.5 Å². The molecule has 1 aromatic heterocycles. The number of Topliss-reactive ketones (excluding diaryl/α,β-unsaturated/α-hetero) is 1. The molecular weight excluding hydrogens is 366 g/mol. The number of carbonyl (C=O) groups excluding carboxylic acids is 3. The molecule has 1 atom stereocenters. The highest BCUT2D eigenvalue weighted by molar-refractivity contribution is 7.09. The fourth-order valence-electron chi connectivity index (χ4n) is 2.79. The highest BCUT2D eigenvalue weighted by Gasteiger charge is 2.25. The van der Waals surface area contributed by atoms with E-state index < -0.39 is 24.3 Å². The number of hydrogen-bond donors (Lipinski definition) is 0. The number of aromatic nitrogens is 1. The van der Waals surface area contributed by atoms with Crippen molar-refractivity contribution in [3.63, 3.8) is 0 Å². The molecule has 0 radical (unpaired) electrons. The van der Waals surface area contributed by atoms with Crippen molar-refractivity contribution in [1.82, 2.24) is 4.98 Å². The van der Waals surface area contributed by atoms with Gasteiger partial charge in [-0.1, -0.05) is 6.07 Å². The number of thiazole rings is 1. The van der Waals surface area contributed by atoms with Crippen LogP contribution in [-0.4, -0.2) is 35.8 Å². The summed E-state index contributed by atoms with van der Waals surface area (Å²) in [5.74, 6) is -2.23. The molecule has 138 valence electrons. The Morgan fingerprint density at radius 3 is 2.89 bits per heavy atom. The number of nitrogens with zero attached hydrogens (tertiary/aromatic N) is 3. The van der Waals surface area contributed by atoms with E-state index in [4.69, 9.17) is 4.74 Å². The first-order valence-corrected chi connectivity index (χ1v) is 9.29. The molecule has 0 N–H and O–H groups in total. The summed E-state index contributed by atoms with van der Waals surface area (Å²) in [5.41, 5.74) is 1.61. The van der Waals surface area contributed by atoms with Gasteiger partial charge in [-0.15, -0.1) is 11.3 Å². The van der Waals surface area contributed by atoms with E-state index in [0.29, 0.717) is 23.7 Å². The van der Waals surface area contributed by atoms with Gasteiger partial charge in [0.15, 0.2) is 18.3 Å². The van der Waals surface area contributed by atoms with Gasteiger partial charge in [0.1, 0.15) is 5.01 Å². The lowest BCUT2D eigenvalue weighted by molar-refractivity contribution is -0.122. The number of rotatable bonds is 6. The average Bonchev–Trinajstić information content (AvgIpc) is 3.29. The van der Waals surface area contributed by atoms with Crippen LogP contribution in [0.5, 0.6) is 0 Å². The second-order valence-electron chi connectivity index (χ2n) is 6.13. The van der Waals surface area contributed by atoms with Gasteiger partial charge in [0.2, 0.25) is 5.91 Å². The maximum Gasteiger partial charge on any atom is 0.338 e. The molecule has 1 fully saturated rings. The van der Waals surface area contributed by atoms with Crippen LogP contribution in [0.15, 0.2) is 29.6 Å². The third-order valence-corrected chi connectivity index (χ3v) is 5.17. The molecule has 1 aliphatic heterocycles. The number of benzene rings is 1. The average molecular weight is 383 g/mol. The van der Waals surface area contributed by atoms with E-state index in [1.54, 1.807) is 41.5 Å². The molecule has 1 aromatic carbocycles. The van der Waals surface area contributed by atoms with Gasteiger partial charge in [0.25, 0.3) is 0 Å². The largest absolute Gasteiger partial charge is 0.454 e. The van der Waals surface area contributed by atoms with Crippen molar-refractivity contribution >= 4 is 34.7 Å². The second kappa shape index (κ2) is 8.10. The molecule has 7 nitrogen and oxygen atoms in total. The van der Waals surface area contributed by atoms with Crippen LogP contribution in [0, 0.1) is 18.3 Å². The summed E-state index contributed by atoms with van der Waals surface area (Å²) in [6.07, 6.45) is 1.28. The minimum absolute atomic E-state index is 0.0197. The topological polar surface area (TPSA) is 100 Å². The molecule has 0 bridgehead atoms. The van der Waals surface area contributed by atoms with Crippen LogP contribution in [0.4, 0.5) is 5.69 Å². The first-order chi connectivity index (χ1) is 13.0. The number of esters is 1. The summed E-state index contributed by atoms with van der Waals surface area (Å²) in [5, 5.41) is 11.4. The molecule has 2 aromatic rings. The van der Waals surface area contributed by atoms with Crippen LogP contribution in [-0.2, 0) is 14.3 Å². The molecule has 27 heavy (non-hydrogen) atoms. The van der Waals surface area contributed by atoms with Gasteiger partial charge in [0.05, 0.1) is 11.6 Å². The summed E-state index contributed by atoms with van der Waals surface area (Å²) in [6.45, 7) is 1.88. The Kier molecular flexibility index (Phi) is 5.62. The molecule has 0 saturated carbocycles. The Bertz CT molecular complexity index is 931. The van der Waals surface area contributed by atoms with Gasteiger partial charge in [-0.25, -0.2) is 9.78 Å². The fourth-order valence-corrected chi connectivity index (χ4v) is 3.66. The zero-order valence-electron chi connectivity index (χ0n) is 14.7. The molecule has 1 aliphatic rings. The highest BCUT2D eigenvalue weighted by atomic mass is 32.1. The smallest absolute Gasteiger partial charge is 0.338 e. The molecule has 0 aliphatic carbocycles. The maximum absolute atomic E-state index is 12.3. The minimum atomic E-state index is -1.05. The van der Waals surface area contributed by atoms with E-state index in [9.17, 15) is 19.6 Å². The molecule has 1 amide bonds. The summed E-state index contributed by atoms with van der Waals surface area (Å²) in [7, 11) is 0. The zero-order valence-corrected chi connectivity index (χ0v) is 15.5. The third kappa shape index (κ3) is 4.20. The van der Waals surface area contributed by atoms with Crippen LogP contribution < -0.4 is 4.90 Å². The number of anilines is 1. The number of nitriles is 1. The van der Waals surface area contributed by atoms with Gasteiger partial charge >= 0.3 is 5.97 Å². The number of hydrogen-bond acceptors (Lipinski definition) is 7. The van der Waals surface area contributed by atoms with Gasteiger partial charge < -0.3 is 9.64 Å². The van der Waals surface area contributed by atoms with Crippen molar-refractivity contribution < 1.29 is 19.1 Å². The van der Waals surface area contributed by atoms with Gasteiger partial charge in [0, 0.05) is 29.7 Å². The van der Waals surface area contributed by atoms with E-state index in [1.807, 2.05) is 6.07 Å². The van der Waals surface area contributed by atoms with E-state index in [-0.39, 0.29) is 11.5 Å². The molecule has 1 saturated heterocycles. The van der Waals surface area contributed by atoms with E-state index in [2.05, 4.69) is 4.98 Å². The molecule has 0 spiro atoms. The van der Waals surface area contributed by atoms with Crippen molar-refractivity contribution in [2.24, 2.45) is 0 Å². The standard InChI is InChI=1S/C19H17N3O4S/c1-12-11-27-18(21-12)15(9-20)16(23)10-26-19(25)13-4-2-5-14(8-13)22-7-3-6-17(22)24/h2,4-5,8,11,15H,3,6-7,10H2,1H3/t15-/m1/s1. The quantitative estimate of drug-likeness (QED) is 0.711. The van der Waals surface area contributed by atoms with Crippen LogP contribution in [0.2, 0.25) is 0 Å². The lowest BCUT2D eigenvalue weighted by Gasteiger charge is -2.16. The SMILES string of the molecule is Cc1csc([C@H](C#N)C(=O)COC(=O)c2cccc(N3CCCC3=O)c2)n1. The Balaban J connectivity index is 1.64. The number of ketones is 1. The Morgan fingerprint density at radius 1 is 1.44 bits per heavy atom. The van der Waals surface area contributed by atoms with E-state index >= 15 is 0 Å². The van der Waals surface area contributed by atoms with E-state index in [0.717, 1.165) is 12.1 Å². The lowest BCUT2D eigenvalue weighted by atomic mass is 10.1. The summed E-state index contributed by atoms with van der Waals surface area (Å²) >= 11 is 1.23. The van der Waals surface area contributed by atoms with Gasteiger partial charge in [-0.2, -0.15) is 5.26 Å². The zero-order chi connectivity index (χ0) is 19.4. The first kappa shape index (κ1) is 18.7. The molecule has 0 unspecified atom stereocenters. The molecule has 3 rings (SSSR count). The number of carbonyl (C=O) groups is 3. The maximum atomic E-state index is 12.3. The normalized spacial score (nSPS) is 14.7. The highest BCUT2D eigenvalue weighted by Crippen LogP contribution is 2.23. The predicted octanol–water partition coefficient (Wildman–Crippen LogP) is 2.61. The summed E-state index contributed by atoms with van der Waals surface area (Å²) < 4.78 is 5.08. The predicted molar refractivity (Wildman–Crippen MR) is 98.5 cm³/mol. The number of amides is 1. The van der Waals surface area contributed by atoms with Crippen LogP contribution >= 0.6 is 11.3 Å². The molecule has 8 heteroatoms. The third-order valence-electron chi connectivity index (χ3n) is 4.15. The summed E-state index contributed by atoms with van der Waals surface area (Å²) in [4.78, 5) is 42.1. The number of ether oxygens (including phenoxy) is 1.